The highest BCUT2D eigenvalue weighted by Gasteiger charge is 2.32. The van der Waals surface area contributed by atoms with Gasteiger partial charge in [-0.05, 0) is 72.9 Å². The normalized spacial score (nSPS) is 15.3. The van der Waals surface area contributed by atoms with Crippen molar-refractivity contribution in [3.8, 4) is 11.5 Å². The van der Waals surface area contributed by atoms with E-state index in [2.05, 4.69) is 16.9 Å². The Morgan fingerprint density at radius 2 is 2.00 bits per heavy atom. The van der Waals surface area contributed by atoms with Crippen molar-refractivity contribution in [2.24, 2.45) is 0 Å². The van der Waals surface area contributed by atoms with Gasteiger partial charge in [0.15, 0.2) is 0 Å². The molecule has 0 saturated carbocycles. The number of aromatic hydroxyl groups is 1. The van der Waals surface area contributed by atoms with Crippen LogP contribution in [0.1, 0.15) is 52.6 Å². The van der Waals surface area contributed by atoms with Crippen LogP contribution in [-0.2, 0) is 32.9 Å². The summed E-state index contributed by atoms with van der Waals surface area (Å²) >= 11 is 0. The molecular weight excluding hydrogens is 532 g/mol. The van der Waals surface area contributed by atoms with Crippen LogP contribution in [0.5, 0.6) is 11.5 Å². The number of esters is 1. The van der Waals surface area contributed by atoms with Gasteiger partial charge in [-0.15, -0.1) is 5.10 Å². The van der Waals surface area contributed by atoms with Gasteiger partial charge in [-0.2, -0.15) is 12.7 Å². The Labute approximate surface area is 232 Å². The van der Waals surface area contributed by atoms with Crippen LogP contribution < -0.4 is 4.18 Å². The number of carbonyl (C=O) groups excluding carboxylic acids is 1. The van der Waals surface area contributed by atoms with E-state index in [1.165, 1.54) is 22.5 Å². The topological polar surface area (TPSA) is 124 Å². The van der Waals surface area contributed by atoms with Gasteiger partial charge in [-0.1, -0.05) is 36.1 Å². The predicted octanol–water partition coefficient (Wildman–Crippen LogP) is 4.58. The standard InChI is InChI=1S/C29H30N4O6S/c1-5-33-26-11-10-24(19(4)29(26)30-31-33)25(15-28(35)38-6-2)20-8-7-18(3)21(13-20)16-32-17-22-14-23(34)9-12-27(22)39-40(32,36)37/h5,7-14,25,34H,1,6,15-17H2,2-4H3. The quantitative estimate of drug-likeness (QED) is 0.310. The van der Waals surface area contributed by atoms with Gasteiger partial charge < -0.3 is 14.0 Å². The highest BCUT2D eigenvalue weighted by molar-refractivity contribution is 7.84. The van der Waals surface area contributed by atoms with Crippen molar-refractivity contribution < 1.29 is 27.2 Å². The maximum absolute atomic E-state index is 13.0. The third kappa shape index (κ3) is 5.17. The van der Waals surface area contributed by atoms with E-state index in [1.54, 1.807) is 17.8 Å². The number of hydrogen-bond donors (Lipinski definition) is 1. The molecule has 0 saturated heterocycles. The van der Waals surface area contributed by atoms with Crippen LogP contribution in [0.2, 0.25) is 0 Å². The van der Waals surface area contributed by atoms with E-state index >= 15 is 0 Å². The molecule has 0 bridgehead atoms. The van der Waals surface area contributed by atoms with E-state index in [0.29, 0.717) is 11.1 Å². The molecule has 0 fully saturated rings. The lowest BCUT2D eigenvalue weighted by Crippen LogP contribution is -2.37. The highest BCUT2D eigenvalue weighted by atomic mass is 32.2. The van der Waals surface area contributed by atoms with Crippen molar-refractivity contribution in [2.45, 2.75) is 46.2 Å². The minimum atomic E-state index is -4.06. The lowest BCUT2D eigenvalue weighted by molar-refractivity contribution is -0.143. The number of fused-ring (bicyclic) bond motifs is 2. The lowest BCUT2D eigenvalue weighted by Gasteiger charge is -2.28. The predicted molar refractivity (Wildman–Crippen MR) is 150 cm³/mol. The number of carbonyl (C=O) groups is 1. The fourth-order valence-electron chi connectivity index (χ4n) is 5.07. The Morgan fingerprint density at radius 1 is 1.20 bits per heavy atom. The molecule has 1 aliphatic rings. The number of phenols is 1. The molecule has 0 amide bonds. The molecule has 1 atom stereocenters. The van der Waals surface area contributed by atoms with Gasteiger partial charge in [0.1, 0.15) is 17.0 Å². The number of phenolic OH excluding ortho intramolecular Hbond substituents is 1. The molecule has 1 unspecified atom stereocenters. The number of benzene rings is 3. The van der Waals surface area contributed by atoms with E-state index in [9.17, 15) is 18.3 Å². The van der Waals surface area contributed by atoms with E-state index in [-0.39, 0.29) is 49.5 Å². The first-order valence-electron chi connectivity index (χ1n) is 12.8. The molecule has 40 heavy (non-hydrogen) atoms. The molecule has 3 aromatic carbocycles. The first-order chi connectivity index (χ1) is 19.1. The molecule has 0 spiro atoms. The van der Waals surface area contributed by atoms with Crippen LogP contribution in [0, 0.1) is 13.8 Å². The Bertz CT molecular complexity index is 1730. The highest BCUT2D eigenvalue weighted by Crippen LogP contribution is 2.36. The number of aryl methyl sites for hydroxylation is 2. The smallest absolute Gasteiger partial charge is 0.385 e. The molecule has 10 nitrogen and oxygen atoms in total. The van der Waals surface area contributed by atoms with Gasteiger partial charge in [0.2, 0.25) is 0 Å². The summed E-state index contributed by atoms with van der Waals surface area (Å²) in [6, 6.07) is 14.0. The van der Waals surface area contributed by atoms with Crippen LogP contribution >= 0.6 is 0 Å². The van der Waals surface area contributed by atoms with Crippen molar-refractivity contribution in [1.82, 2.24) is 19.3 Å². The largest absolute Gasteiger partial charge is 0.508 e. The Balaban J connectivity index is 1.54. The van der Waals surface area contributed by atoms with Gasteiger partial charge in [0, 0.05) is 30.8 Å². The third-order valence-corrected chi connectivity index (χ3v) is 8.47. The Kier molecular flexibility index (Phi) is 7.35. The maximum Gasteiger partial charge on any atom is 0.385 e. The van der Waals surface area contributed by atoms with Crippen LogP contribution in [0.25, 0.3) is 17.2 Å². The molecule has 0 aliphatic carbocycles. The van der Waals surface area contributed by atoms with Gasteiger partial charge in [-0.25, -0.2) is 4.68 Å². The zero-order chi connectivity index (χ0) is 28.6. The second-order valence-corrected chi connectivity index (χ2v) is 11.3. The van der Waals surface area contributed by atoms with Crippen molar-refractivity contribution >= 4 is 33.5 Å². The number of nitrogens with zero attached hydrogens (tertiary/aromatic N) is 4. The zero-order valence-corrected chi connectivity index (χ0v) is 23.3. The molecule has 4 aromatic rings. The SMILES string of the molecule is C=Cn1nnc2c(C)c(C(CC(=O)OCC)c3ccc(C)c(CN4Cc5cc(O)ccc5OS4(=O)=O)c3)ccc21. The van der Waals surface area contributed by atoms with Crippen LogP contribution in [0.3, 0.4) is 0 Å². The Hall–Kier alpha value is -4.22. The summed E-state index contributed by atoms with van der Waals surface area (Å²) in [6.45, 7) is 9.75. The third-order valence-electron chi connectivity index (χ3n) is 7.19. The van der Waals surface area contributed by atoms with Gasteiger partial charge >= 0.3 is 16.3 Å². The fourth-order valence-corrected chi connectivity index (χ4v) is 6.16. The molecule has 1 N–H and O–H groups in total. The van der Waals surface area contributed by atoms with Crippen molar-refractivity contribution in [2.75, 3.05) is 6.61 Å². The average Bonchev–Trinajstić information content (AvgIpc) is 3.34. The number of rotatable bonds is 8. The number of aromatic nitrogens is 3. The average molecular weight is 563 g/mol. The van der Waals surface area contributed by atoms with Gasteiger partial charge in [0.05, 0.1) is 18.5 Å². The first kappa shape index (κ1) is 27.4. The molecule has 208 valence electrons. The minimum absolute atomic E-state index is 0.0297. The summed E-state index contributed by atoms with van der Waals surface area (Å²) in [6.07, 6.45) is 1.67. The van der Waals surface area contributed by atoms with Crippen molar-refractivity contribution in [1.29, 1.82) is 0 Å². The maximum atomic E-state index is 13.0. The van der Waals surface area contributed by atoms with E-state index in [1.807, 2.05) is 44.2 Å². The van der Waals surface area contributed by atoms with Crippen LogP contribution in [-0.4, -0.2) is 45.4 Å². The van der Waals surface area contributed by atoms with Crippen molar-refractivity contribution in [3.05, 3.63) is 88.5 Å². The fraction of sp³-hybridized carbons (Fsp3) is 0.276. The van der Waals surface area contributed by atoms with E-state index < -0.39 is 10.3 Å². The van der Waals surface area contributed by atoms with Gasteiger partial charge in [0.25, 0.3) is 0 Å². The van der Waals surface area contributed by atoms with Crippen molar-refractivity contribution in [3.63, 3.8) is 0 Å². The monoisotopic (exact) mass is 562 g/mol. The Morgan fingerprint density at radius 3 is 2.75 bits per heavy atom. The molecular formula is C29H30N4O6S. The summed E-state index contributed by atoms with van der Waals surface area (Å²) in [7, 11) is -4.06. The number of hydrogen-bond acceptors (Lipinski definition) is 8. The summed E-state index contributed by atoms with van der Waals surface area (Å²) < 4.78 is 39.3. The van der Waals surface area contributed by atoms with E-state index in [0.717, 1.165) is 33.3 Å². The summed E-state index contributed by atoms with van der Waals surface area (Å²) in [5, 5.41) is 18.3. The first-order valence-corrected chi connectivity index (χ1v) is 14.2. The molecule has 1 aromatic heterocycles. The summed E-state index contributed by atoms with van der Waals surface area (Å²) in [5.41, 5.74) is 6.33. The zero-order valence-electron chi connectivity index (χ0n) is 22.5. The lowest BCUT2D eigenvalue weighted by atomic mass is 9.84. The second-order valence-electron chi connectivity index (χ2n) is 9.71. The van der Waals surface area contributed by atoms with E-state index in [4.69, 9.17) is 8.92 Å². The summed E-state index contributed by atoms with van der Waals surface area (Å²) in [4.78, 5) is 12.7. The summed E-state index contributed by atoms with van der Waals surface area (Å²) in [5.74, 6) is -0.480. The second kappa shape index (κ2) is 10.7. The van der Waals surface area contributed by atoms with Crippen LogP contribution in [0.15, 0.2) is 55.1 Å². The van der Waals surface area contributed by atoms with Gasteiger partial charge in [-0.3, -0.25) is 4.79 Å². The molecule has 5 rings (SSSR count). The minimum Gasteiger partial charge on any atom is -0.508 e. The van der Waals surface area contributed by atoms with Crippen LogP contribution in [0.4, 0.5) is 0 Å². The molecule has 11 heteroatoms. The molecule has 2 heterocycles. The molecule has 1 aliphatic heterocycles. The molecule has 0 radical (unpaired) electrons. The number of ether oxygens (including phenoxy) is 1.